The zero-order valence-electron chi connectivity index (χ0n) is 11.8. The van der Waals surface area contributed by atoms with Crippen LogP contribution in [0.5, 0.6) is 0 Å². The van der Waals surface area contributed by atoms with Gasteiger partial charge in [0.05, 0.1) is 0 Å². The van der Waals surface area contributed by atoms with Crippen molar-refractivity contribution in [3.8, 4) is 0 Å². The van der Waals surface area contributed by atoms with Crippen molar-refractivity contribution in [1.82, 2.24) is 10.2 Å². The van der Waals surface area contributed by atoms with Crippen LogP contribution in [-0.4, -0.2) is 36.1 Å². The van der Waals surface area contributed by atoms with Crippen molar-refractivity contribution < 1.29 is 0 Å². The molecule has 1 heterocycles. The summed E-state index contributed by atoms with van der Waals surface area (Å²) in [6.07, 6.45) is 4.41. The average Bonchev–Trinajstić information content (AvgIpc) is 2.11. The quantitative estimate of drug-likeness (QED) is 0.726. The minimum atomic E-state index is 0.239. The van der Waals surface area contributed by atoms with Crippen LogP contribution in [0.15, 0.2) is 12.2 Å². The fourth-order valence-electron chi connectivity index (χ4n) is 2.46. The molecule has 1 aliphatic rings. The van der Waals surface area contributed by atoms with Gasteiger partial charge in [-0.3, -0.25) is 4.90 Å². The summed E-state index contributed by atoms with van der Waals surface area (Å²) >= 11 is 0. The second-order valence-electron chi connectivity index (χ2n) is 6.65. The van der Waals surface area contributed by atoms with Crippen molar-refractivity contribution in [3.63, 3.8) is 0 Å². The van der Waals surface area contributed by atoms with Gasteiger partial charge in [0, 0.05) is 31.2 Å². The first kappa shape index (κ1) is 13.7. The van der Waals surface area contributed by atoms with Crippen LogP contribution in [0.4, 0.5) is 0 Å². The van der Waals surface area contributed by atoms with Crippen LogP contribution in [0.25, 0.3) is 0 Å². The summed E-state index contributed by atoms with van der Waals surface area (Å²) in [6, 6.07) is 0.622. The Balaban J connectivity index is 2.76. The Morgan fingerprint density at radius 1 is 1.38 bits per heavy atom. The van der Waals surface area contributed by atoms with Crippen LogP contribution in [-0.2, 0) is 0 Å². The maximum absolute atomic E-state index is 3.66. The van der Waals surface area contributed by atoms with E-state index in [9.17, 15) is 0 Å². The van der Waals surface area contributed by atoms with E-state index in [0.717, 1.165) is 19.6 Å². The Hall–Kier alpha value is -0.340. The molecule has 1 unspecified atom stereocenters. The van der Waals surface area contributed by atoms with E-state index in [1.807, 2.05) is 0 Å². The number of hydrogen-bond donors (Lipinski definition) is 1. The van der Waals surface area contributed by atoms with Crippen LogP contribution in [0.1, 0.15) is 41.5 Å². The highest BCUT2D eigenvalue weighted by Gasteiger charge is 2.37. The fraction of sp³-hybridized carbons (Fsp3) is 0.857. The zero-order chi connectivity index (χ0) is 12.4. The predicted molar refractivity (Wildman–Crippen MR) is 71.7 cm³/mol. The minimum absolute atomic E-state index is 0.239. The number of nitrogens with one attached hydrogen (secondary N) is 1. The third-order valence-corrected chi connectivity index (χ3v) is 3.39. The number of rotatable bonds is 2. The first-order valence-electron chi connectivity index (χ1n) is 6.36. The van der Waals surface area contributed by atoms with Crippen LogP contribution in [0.2, 0.25) is 0 Å². The zero-order valence-corrected chi connectivity index (χ0v) is 11.8. The van der Waals surface area contributed by atoms with E-state index in [2.05, 4.69) is 63.9 Å². The molecule has 94 valence electrons. The van der Waals surface area contributed by atoms with Crippen molar-refractivity contribution in [1.29, 1.82) is 0 Å². The van der Waals surface area contributed by atoms with Crippen molar-refractivity contribution in [2.24, 2.45) is 5.41 Å². The van der Waals surface area contributed by atoms with Crippen molar-refractivity contribution in [2.45, 2.75) is 53.1 Å². The normalized spacial score (nSPS) is 27.5. The summed E-state index contributed by atoms with van der Waals surface area (Å²) in [5.74, 6) is 0. The SMILES string of the molecule is C/C=C/CN1CC(C)(C)NCC1C(C)(C)C. The monoisotopic (exact) mass is 224 g/mol. The molecule has 1 rings (SSSR count). The van der Waals surface area contributed by atoms with E-state index in [-0.39, 0.29) is 5.54 Å². The maximum Gasteiger partial charge on any atom is 0.0273 e. The van der Waals surface area contributed by atoms with Crippen molar-refractivity contribution >= 4 is 0 Å². The molecule has 0 spiro atoms. The van der Waals surface area contributed by atoms with Gasteiger partial charge in [-0.05, 0) is 26.2 Å². The number of allylic oxidation sites excluding steroid dienone is 1. The Kier molecular flexibility index (Phi) is 4.19. The summed E-state index contributed by atoms with van der Waals surface area (Å²) in [5.41, 5.74) is 0.578. The third-order valence-electron chi connectivity index (χ3n) is 3.39. The summed E-state index contributed by atoms with van der Waals surface area (Å²) in [7, 11) is 0. The molecule has 1 N–H and O–H groups in total. The summed E-state index contributed by atoms with van der Waals surface area (Å²) in [6.45, 7) is 17.0. The Morgan fingerprint density at radius 3 is 2.50 bits per heavy atom. The molecule has 0 bridgehead atoms. The van der Waals surface area contributed by atoms with Gasteiger partial charge in [0.2, 0.25) is 0 Å². The van der Waals surface area contributed by atoms with E-state index >= 15 is 0 Å². The highest BCUT2D eigenvalue weighted by atomic mass is 15.3. The first-order valence-corrected chi connectivity index (χ1v) is 6.36. The molecule has 16 heavy (non-hydrogen) atoms. The lowest BCUT2D eigenvalue weighted by atomic mass is 9.82. The lowest BCUT2D eigenvalue weighted by molar-refractivity contribution is 0.0425. The minimum Gasteiger partial charge on any atom is -0.309 e. The molecule has 1 saturated heterocycles. The van der Waals surface area contributed by atoms with Gasteiger partial charge in [-0.15, -0.1) is 0 Å². The molecule has 1 atom stereocenters. The predicted octanol–water partition coefficient (Wildman–Crippen LogP) is 2.66. The molecule has 0 radical (unpaired) electrons. The Bertz CT molecular complexity index is 248. The molecular formula is C14H28N2. The molecular weight excluding hydrogens is 196 g/mol. The van der Waals surface area contributed by atoms with Gasteiger partial charge in [-0.25, -0.2) is 0 Å². The summed E-state index contributed by atoms with van der Waals surface area (Å²) < 4.78 is 0. The van der Waals surface area contributed by atoms with Gasteiger partial charge in [-0.2, -0.15) is 0 Å². The van der Waals surface area contributed by atoms with Crippen LogP contribution >= 0.6 is 0 Å². The second kappa shape index (κ2) is 4.89. The molecule has 0 aromatic rings. The molecule has 2 nitrogen and oxygen atoms in total. The summed E-state index contributed by atoms with van der Waals surface area (Å²) in [5, 5.41) is 3.66. The molecule has 0 aromatic carbocycles. The largest absolute Gasteiger partial charge is 0.309 e. The van der Waals surface area contributed by atoms with Gasteiger partial charge < -0.3 is 5.32 Å². The van der Waals surface area contributed by atoms with E-state index in [0.29, 0.717) is 11.5 Å². The first-order chi connectivity index (χ1) is 7.26. The average molecular weight is 224 g/mol. The van der Waals surface area contributed by atoms with E-state index in [1.165, 1.54) is 0 Å². The highest BCUT2D eigenvalue weighted by molar-refractivity contribution is 4.99. The third kappa shape index (κ3) is 3.60. The van der Waals surface area contributed by atoms with Crippen LogP contribution in [0.3, 0.4) is 0 Å². The lowest BCUT2D eigenvalue weighted by Gasteiger charge is -2.49. The highest BCUT2D eigenvalue weighted by Crippen LogP contribution is 2.28. The Morgan fingerprint density at radius 2 is 2.00 bits per heavy atom. The summed E-state index contributed by atoms with van der Waals surface area (Å²) in [4.78, 5) is 2.61. The molecule has 0 aliphatic carbocycles. The van der Waals surface area contributed by atoms with E-state index in [4.69, 9.17) is 0 Å². The maximum atomic E-state index is 3.66. The second-order valence-corrected chi connectivity index (χ2v) is 6.65. The molecule has 0 amide bonds. The van der Waals surface area contributed by atoms with Crippen LogP contribution in [0, 0.1) is 5.41 Å². The van der Waals surface area contributed by atoms with Gasteiger partial charge in [0.15, 0.2) is 0 Å². The topological polar surface area (TPSA) is 15.3 Å². The molecule has 1 fully saturated rings. The lowest BCUT2D eigenvalue weighted by Crippen LogP contribution is -2.64. The standard InChI is InChI=1S/C14H28N2/c1-7-8-9-16-11-14(5,6)15-10-12(16)13(2,3)4/h7-8,12,15H,9-11H2,1-6H3/b8-7+. The molecule has 2 heteroatoms. The number of hydrogen-bond acceptors (Lipinski definition) is 2. The van der Waals surface area contributed by atoms with E-state index < -0.39 is 0 Å². The number of piperazine rings is 1. The Labute approximate surface area is 101 Å². The molecule has 0 aromatic heterocycles. The van der Waals surface area contributed by atoms with Gasteiger partial charge >= 0.3 is 0 Å². The van der Waals surface area contributed by atoms with Crippen molar-refractivity contribution in [3.05, 3.63) is 12.2 Å². The molecule has 0 saturated carbocycles. The van der Waals surface area contributed by atoms with Crippen LogP contribution < -0.4 is 5.32 Å². The van der Waals surface area contributed by atoms with Gasteiger partial charge in [0.25, 0.3) is 0 Å². The fourth-order valence-corrected chi connectivity index (χ4v) is 2.46. The molecule has 1 aliphatic heterocycles. The van der Waals surface area contributed by atoms with E-state index in [1.54, 1.807) is 0 Å². The van der Waals surface area contributed by atoms with Gasteiger partial charge in [0.1, 0.15) is 0 Å². The van der Waals surface area contributed by atoms with Gasteiger partial charge in [-0.1, -0.05) is 32.9 Å². The number of nitrogens with zero attached hydrogens (tertiary/aromatic N) is 1. The van der Waals surface area contributed by atoms with Crippen molar-refractivity contribution in [2.75, 3.05) is 19.6 Å². The smallest absolute Gasteiger partial charge is 0.0273 e.